The van der Waals surface area contributed by atoms with Crippen molar-refractivity contribution in [1.29, 1.82) is 0 Å². The van der Waals surface area contributed by atoms with Crippen molar-refractivity contribution >= 4 is 23.2 Å². The molecule has 13 heteroatoms. The first-order chi connectivity index (χ1) is 19.5. The smallest absolute Gasteiger partial charge is 0.422 e. The summed E-state index contributed by atoms with van der Waals surface area (Å²) >= 11 is 6.08. The molecule has 2 atom stereocenters. The molecule has 1 N–H and O–H groups in total. The second kappa shape index (κ2) is 12.0. The van der Waals surface area contributed by atoms with Crippen LogP contribution in [0.3, 0.4) is 0 Å². The number of nitro groups is 1. The highest BCUT2D eigenvalue weighted by Crippen LogP contribution is 2.35. The first-order valence-corrected chi connectivity index (χ1v) is 13.5. The zero-order valence-corrected chi connectivity index (χ0v) is 22.7. The Kier molecular flexibility index (Phi) is 8.41. The summed E-state index contributed by atoms with van der Waals surface area (Å²) < 4.78 is 51.4. The minimum Gasteiger partial charge on any atom is -0.488 e. The molecule has 1 saturated heterocycles. The molecule has 2 aromatic rings. The Hall–Kier alpha value is -3.77. The number of allylic oxidation sites excluding steroid dienone is 1. The van der Waals surface area contributed by atoms with Crippen molar-refractivity contribution in [2.24, 2.45) is 0 Å². The molecule has 9 nitrogen and oxygen atoms in total. The van der Waals surface area contributed by atoms with E-state index in [1.807, 2.05) is 18.2 Å². The third-order valence-corrected chi connectivity index (χ3v) is 7.47. The van der Waals surface area contributed by atoms with E-state index < -0.39 is 28.4 Å². The number of piperazine rings is 1. The molecule has 1 fully saturated rings. The lowest BCUT2D eigenvalue weighted by Crippen LogP contribution is -2.51. The summed E-state index contributed by atoms with van der Waals surface area (Å²) in [6.07, 6.45) is -2.13. The van der Waals surface area contributed by atoms with Crippen LogP contribution in [0.4, 0.5) is 18.9 Å². The highest BCUT2D eigenvalue weighted by atomic mass is 35.5. The number of nitrogens with zero attached hydrogens (tertiary/aromatic N) is 3. The Morgan fingerprint density at radius 3 is 2.56 bits per heavy atom. The molecule has 3 aliphatic rings. The average Bonchev–Trinajstić information content (AvgIpc) is 3.33. The number of carbonyl (C=O) groups excluding carboxylic acids is 1. The molecular formula is C28H28ClF3N4O5. The number of hydrogen-bond donors (Lipinski definition) is 1. The van der Waals surface area contributed by atoms with Gasteiger partial charge in [0.25, 0.3) is 11.6 Å². The van der Waals surface area contributed by atoms with E-state index >= 15 is 0 Å². The van der Waals surface area contributed by atoms with E-state index in [1.165, 1.54) is 0 Å². The van der Waals surface area contributed by atoms with Crippen LogP contribution in [0.15, 0.2) is 65.9 Å². The van der Waals surface area contributed by atoms with Crippen LogP contribution in [-0.4, -0.2) is 78.3 Å². The molecule has 2 aromatic carbocycles. The van der Waals surface area contributed by atoms with E-state index in [1.54, 1.807) is 29.2 Å². The minimum absolute atomic E-state index is 0.0338. The fourth-order valence-corrected chi connectivity index (χ4v) is 5.37. The summed E-state index contributed by atoms with van der Waals surface area (Å²) in [5.74, 6) is 1.18. The molecule has 1 amide bonds. The molecule has 2 heterocycles. The lowest BCUT2D eigenvalue weighted by Gasteiger charge is -2.35. The van der Waals surface area contributed by atoms with Crippen molar-refractivity contribution in [3.8, 4) is 11.5 Å². The molecule has 5 rings (SSSR count). The molecule has 2 aliphatic heterocycles. The number of fused-ring (bicyclic) bond motifs is 1. The van der Waals surface area contributed by atoms with Crippen molar-refractivity contribution in [3.63, 3.8) is 0 Å². The standard InChI is InChI=1S/C28H28ClF3N4O5/c29-19-1-8-26-18(13-19)14-23(41-26)16-34-9-11-35(12-10-34)27(37)17-40-22-5-2-20(3-6-22)33-21-4-7-25(36(38)39)24(15-21)28(30,31)32/h1-3,5-8,13,15,21,23,33H,4,9-12,14,16-17H2. The number of alkyl halides is 3. The first kappa shape index (κ1) is 28.7. The van der Waals surface area contributed by atoms with Crippen LogP contribution < -0.4 is 14.8 Å². The Labute approximate surface area is 239 Å². The number of carbonyl (C=O) groups is 1. The fourth-order valence-electron chi connectivity index (χ4n) is 5.17. The maximum Gasteiger partial charge on any atom is 0.422 e. The van der Waals surface area contributed by atoms with Crippen LogP contribution in [0, 0.1) is 10.1 Å². The molecule has 2 unspecified atom stereocenters. The van der Waals surface area contributed by atoms with Gasteiger partial charge < -0.3 is 19.7 Å². The Morgan fingerprint density at radius 2 is 1.88 bits per heavy atom. The predicted molar refractivity (Wildman–Crippen MR) is 146 cm³/mol. The van der Waals surface area contributed by atoms with Gasteiger partial charge in [0, 0.05) is 55.9 Å². The van der Waals surface area contributed by atoms with Gasteiger partial charge in [-0.15, -0.1) is 0 Å². The van der Waals surface area contributed by atoms with E-state index in [0.717, 1.165) is 49.5 Å². The molecule has 0 radical (unpaired) electrons. The van der Waals surface area contributed by atoms with Crippen LogP contribution >= 0.6 is 11.6 Å². The lowest BCUT2D eigenvalue weighted by atomic mass is 9.99. The highest BCUT2D eigenvalue weighted by molar-refractivity contribution is 6.30. The number of amides is 1. The largest absolute Gasteiger partial charge is 0.488 e. The van der Waals surface area contributed by atoms with Crippen LogP contribution in [0.1, 0.15) is 12.0 Å². The Morgan fingerprint density at radius 1 is 1.15 bits per heavy atom. The number of benzene rings is 2. The number of nitrogens with one attached hydrogen (secondary N) is 1. The first-order valence-electron chi connectivity index (χ1n) is 13.1. The van der Waals surface area contributed by atoms with Gasteiger partial charge in [-0.3, -0.25) is 19.8 Å². The summed E-state index contributed by atoms with van der Waals surface area (Å²) in [6.45, 7) is 3.26. The number of halogens is 4. The van der Waals surface area contributed by atoms with Gasteiger partial charge in [-0.05, 0) is 66.6 Å². The van der Waals surface area contributed by atoms with Gasteiger partial charge >= 0.3 is 6.18 Å². The second-order valence-corrected chi connectivity index (χ2v) is 10.5. The Bertz CT molecular complexity index is 1360. The highest BCUT2D eigenvalue weighted by Gasteiger charge is 2.43. The van der Waals surface area contributed by atoms with E-state index in [4.69, 9.17) is 21.1 Å². The molecule has 0 spiro atoms. The lowest BCUT2D eigenvalue weighted by molar-refractivity contribution is -0.424. The van der Waals surface area contributed by atoms with E-state index in [2.05, 4.69) is 10.2 Å². The zero-order chi connectivity index (χ0) is 29.1. The number of hydrogen-bond acceptors (Lipinski definition) is 7. The maximum atomic E-state index is 13.3. The quantitative estimate of drug-likeness (QED) is 0.351. The predicted octanol–water partition coefficient (Wildman–Crippen LogP) is 4.70. The van der Waals surface area contributed by atoms with Crippen LogP contribution in [0.25, 0.3) is 0 Å². The minimum atomic E-state index is -4.83. The SMILES string of the molecule is O=C(COc1ccc(NC2C=C(C(F)(F)F)C([N+](=O)[O-])=CC2)cc1)N1CCN(CC2Cc3cc(Cl)ccc3O2)CC1. The van der Waals surface area contributed by atoms with Gasteiger partial charge in [0.05, 0.1) is 4.92 Å². The monoisotopic (exact) mass is 592 g/mol. The molecule has 0 bridgehead atoms. The van der Waals surface area contributed by atoms with Gasteiger partial charge in [-0.25, -0.2) is 0 Å². The van der Waals surface area contributed by atoms with Gasteiger partial charge in [0.15, 0.2) is 6.61 Å². The summed E-state index contributed by atoms with van der Waals surface area (Å²) in [7, 11) is 0. The van der Waals surface area contributed by atoms with Crippen molar-refractivity contribution in [2.75, 3.05) is 44.6 Å². The zero-order valence-electron chi connectivity index (χ0n) is 21.9. The van der Waals surface area contributed by atoms with Crippen molar-refractivity contribution in [2.45, 2.75) is 31.2 Å². The van der Waals surface area contributed by atoms with E-state index in [0.29, 0.717) is 29.5 Å². The molecular weight excluding hydrogens is 565 g/mol. The third-order valence-electron chi connectivity index (χ3n) is 7.23. The summed E-state index contributed by atoms with van der Waals surface area (Å²) in [6, 6.07) is 11.3. The molecule has 1 aliphatic carbocycles. The van der Waals surface area contributed by atoms with Crippen molar-refractivity contribution < 1.29 is 32.4 Å². The van der Waals surface area contributed by atoms with Crippen LogP contribution in [0.5, 0.6) is 11.5 Å². The fraction of sp³-hybridized carbons (Fsp3) is 0.393. The summed E-state index contributed by atoms with van der Waals surface area (Å²) in [4.78, 5) is 26.7. The number of rotatable bonds is 8. The van der Waals surface area contributed by atoms with Crippen LogP contribution in [-0.2, 0) is 11.2 Å². The molecule has 0 saturated carbocycles. The van der Waals surface area contributed by atoms with Crippen molar-refractivity contribution in [3.05, 3.63) is 86.6 Å². The average molecular weight is 593 g/mol. The van der Waals surface area contributed by atoms with Crippen molar-refractivity contribution in [1.82, 2.24) is 9.80 Å². The normalized spacial score (nSPS) is 20.9. The van der Waals surface area contributed by atoms with Gasteiger partial charge in [-0.2, -0.15) is 13.2 Å². The van der Waals surface area contributed by atoms with Gasteiger partial charge in [-0.1, -0.05) is 11.6 Å². The number of ether oxygens (including phenoxy) is 2. The van der Waals surface area contributed by atoms with Crippen LogP contribution in [0.2, 0.25) is 5.02 Å². The van der Waals surface area contributed by atoms with Gasteiger partial charge in [0.2, 0.25) is 0 Å². The maximum absolute atomic E-state index is 13.3. The molecule has 0 aromatic heterocycles. The third kappa shape index (κ3) is 7.12. The Balaban J connectivity index is 1.05. The van der Waals surface area contributed by atoms with E-state index in [-0.39, 0.29) is 25.0 Å². The molecule has 41 heavy (non-hydrogen) atoms. The summed E-state index contributed by atoms with van der Waals surface area (Å²) in [5, 5.41) is 14.6. The number of anilines is 1. The molecule has 218 valence electrons. The summed E-state index contributed by atoms with van der Waals surface area (Å²) in [5.41, 5.74) is -0.585. The topological polar surface area (TPSA) is 97.2 Å². The second-order valence-electron chi connectivity index (χ2n) is 10.1. The van der Waals surface area contributed by atoms with E-state index in [9.17, 15) is 28.1 Å². The van der Waals surface area contributed by atoms with Gasteiger partial charge in [0.1, 0.15) is 23.2 Å².